The smallest absolute Gasteiger partial charge is 0.485 e. The molecule has 0 saturated carbocycles. The van der Waals surface area contributed by atoms with Gasteiger partial charge in [0.2, 0.25) is 0 Å². The molecule has 24 heavy (non-hydrogen) atoms. The summed E-state index contributed by atoms with van der Waals surface area (Å²) in [5.41, 5.74) is 3.25. The molecule has 2 aromatic carbocycles. The molecule has 0 atom stereocenters. The molecular formula is C19H11N2O2Y+2. The average molecular weight is 388 g/mol. The van der Waals surface area contributed by atoms with Crippen LogP contribution in [0, 0.1) is 17.5 Å². The van der Waals surface area contributed by atoms with Gasteiger partial charge in [-0.15, -0.1) is 6.07 Å². The van der Waals surface area contributed by atoms with Gasteiger partial charge in [-0.05, 0) is 45.8 Å². The molecule has 0 amide bonds. The van der Waals surface area contributed by atoms with E-state index >= 15 is 0 Å². The van der Waals surface area contributed by atoms with Crippen LogP contribution < -0.4 is 0 Å². The van der Waals surface area contributed by atoms with Crippen LogP contribution in [0.5, 0.6) is 0 Å². The Labute approximate surface area is 164 Å². The van der Waals surface area contributed by atoms with Gasteiger partial charge in [0.1, 0.15) is 0 Å². The van der Waals surface area contributed by atoms with Crippen LogP contribution in [0.3, 0.4) is 0 Å². The number of nitrogens with zero attached hydrogens (tertiary/aromatic N) is 2. The summed E-state index contributed by atoms with van der Waals surface area (Å²) in [5.74, 6) is -1.16. The van der Waals surface area contributed by atoms with Gasteiger partial charge in [-0.3, -0.25) is 10.1 Å². The van der Waals surface area contributed by atoms with Gasteiger partial charge in [0.05, 0.1) is 0 Å². The van der Waals surface area contributed by atoms with Crippen LogP contribution in [0.4, 0.5) is 0 Å². The number of carboxylic acid groups (broad SMARTS) is 1. The fraction of sp³-hybridized carbons (Fsp3) is 0. The second-order valence-corrected chi connectivity index (χ2v) is 4.90. The Balaban J connectivity index is 0.00000208. The van der Waals surface area contributed by atoms with E-state index in [1.54, 1.807) is 6.07 Å². The number of aromatic nitrogens is 1. The minimum Gasteiger partial charge on any atom is -0.485 e. The van der Waals surface area contributed by atoms with Crippen molar-refractivity contribution < 1.29 is 42.6 Å². The normalized spacial score (nSPS) is 9.62. The third-order valence-electron chi connectivity index (χ3n) is 3.47. The quantitative estimate of drug-likeness (QED) is 0.693. The second-order valence-electron chi connectivity index (χ2n) is 4.90. The van der Waals surface area contributed by atoms with Crippen LogP contribution in [-0.4, -0.2) is 16.1 Å². The summed E-state index contributed by atoms with van der Waals surface area (Å²) in [6, 6.07) is 20.8. The zero-order valence-electron chi connectivity index (χ0n) is 12.6. The van der Waals surface area contributed by atoms with Gasteiger partial charge in [0, 0.05) is 0 Å². The molecule has 3 rings (SSSR count). The number of aromatic carboxylic acids is 1. The zero-order chi connectivity index (χ0) is 16.2. The van der Waals surface area contributed by atoms with Gasteiger partial charge in [-0.25, -0.2) is 0 Å². The van der Waals surface area contributed by atoms with E-state index in [4.69, 9.17) is 10.4 Å². The Bertz CT molecular complexity index is 901. The van der Waals surface area contributed by atoms with Crippen LogP contribution in [-0.2, 0) is 32.7 Å². The van der Waals surface area contributed by atoms with Crippen LogP contribution >= 0.6 is 0 Å². The monoisotopic (exact) mass is 388 g/mol. The number of carboxylic acids is 1. The first-order chi connectivity index (χ1) is 11.2. The molecule has 5 heteroatoms. The molecule has 0 unspecified atom stereocenters. The molecular weight excluding hydrogens is 377 g/mol. The summed E-state index contributed by atoms with van der Waals surface area (Å²) >= 11 is 0. The maximum absolute atomic E-state index is 11.2. The number of benzene rings is 2. The third kappa shape index (κ3) is 3.76. The van der Waals surface area contributed by atoms with E-state index in [-0.39, 0.29) is 43.8 Å². The molecule has 4 nitrogen and oxygen atoms in total. The van der Waals surface area contributed by atoms with Crippen LogP contribution in [0.25, 0.3) is 22.4 Å². The first-order valence-corrected chi connectivity index (χ1v) is 6.91. The van der Waals surface area contributed by atoms with Crippen molar-refractivity contribution in [2.45, 2.75) is 0 Å². The van der Waals surface area contributed by atoms with Gasteiger partial charge in [-0.1, -0.05) is 54.6 Å². The van der Waals surface area contributed by atoms with Crippen molar-refractivity contribution in [2.75, 3.05) is 0 Å². The SMILES string of the molecule is N#Cc1[c-]nc(-c2ccc(-c3ccccc3)cc2)cc1C(=O)O.[Y+3]. The van der Waals surface area contributed by atoms with Crippen molar-refractivity contribution in [3.8, 4) is 28.5 Å². The number of hydrogen-bond donors (Lipinski definition) is 1. The average Bonchev–Trinajstić information content (AvgIpc) is 2.62. The third-order valence-corrected chi connectivity index (χ3v) is 3.47. The fourth-order valence-electron chi connectivity index (χ4n) is 2.28. The summed E-state index contributed by atoms with van der Waals surface area (Å²) in [5, 5.41) is 18.1. The minimum absolute atomic E-state index is 0. The summed E-state index contributed by atoms with van der Waals surface area (Å²) < 4.78 is 0. The Morgan fingerprint density at radius 3 is 2.17 bits per heavy atom. The number of carbonyl (C=O) groups is 1. The van der Waals surface area contributed by atoms with E-state index in [0.717, 1.165) is 16.7 Å². The summed E-state index contributed by atoms with van der Waals surface area (Å²) in [4.78, 5) is 15.3. The maximum Gasteiger partial charge on any atom is 3.00 e. The van der Waals surface area contributed by atoms with Crippen LogP contribution in [0.1, 0.15) is 15.9 Å². The van der Waals surface area contributed by atoms with Gasteiger partial charge < -0.3 is 10.1 Å². The standard InChI is InChI=1S/C19H11N2O2.Y/c20-11-16-12-21-18(10-17(16)19(22)23)15-8-6-14(7-9-15)13-4-2-1-3-5-13;/h1-10H,(H,22,23);/q-1;+3. The fourth-order valence-corrected chi connectivity index (χ4v) is 2.28. The van der Waals surface area contributed by atoms with E-state index in [1.165, 1.54) is 6.07 Å². The zero-order valence-corrected chi connectivity index (χ0v) is 15.4. The first kappa shape index (κ1) is 18.0. The van der Waals surface area contributed by atoms with Gasteiger partial charge >= 0.3 is 32.7 Å². The van der Waals surface area contributed by atoms with Crippen molar-refractivity contribution in [1.82, 2.24) is 4.98 Å². The van der Waals surface area contributed by atoms with E-state index in [9.17, 15) is 4.79 Å². The molecule has 0 saturated heterocycles. The van der Waals surface area contributed by atoms with Crippen LogP contribution in [0.2, 0.25) is 0 Å². The minimum atomic E-state index is -1.16. The molecule has 3 aromatic rings. The number of rotatable bonds is 3. The molecule has 0 aliphatic carbocycles. The molecule has 0 aliphatic heterocycles. The van der Waals surface area contributed by atoms with E-state index in [0.29, 0.717) is 5.69 Å². The second kappa shape index (κ2) is 7.96. The predicted octanol–water partition coefficient (Wildman–Crippen LogP) is 3.78. The number of hydrogen-bond acceptors (Lipinski definition) is 3. The van der Waals surface area contributed by atoms with E-state index in [1.807, 2.05) is 54.6 Å². The topological polar surface area (TPSA) is 74.0 Å². The molecule has 1 aromatic heterocycles. The van der Waals surface area contributed by atoms with Crippen molar-refractivity contribution in [1.29, 1.82) is 5.26 Å². The molecule has 1 N–H and O–H groups in total. The van der Waals surface area contributed by atoms with Crippen molar-refractivity contribution in [2.24, 2.45) is 0 Å². The van der Waals surface area contributed by atoms with Crippen LogP contribution in [0.15, 0.2) is 60.7 Å². The van der Waals surface area contributed by atoms with Crippen molar-refractivity contribution in [3.63, 3.8) is 0 Å². The molecule has 110 valence electrons. The summed E-state index contributed by atoms with van der Waals surface area (Å²) in [6.07, 6.45) is 2.49. The number of nitriles is 1. The predicted molar refractivity (Wildman–Crippen MR) is 85.6 cm³/mol. The van der Waals surface area contributed by atoms with Gasteiger partial charge in [0.15, 0.2) is 0 Å². The van der Waals surface area contributed by atoms with Gasteiger partial charge in [0.25, 0.3) is 5.97 Å². The summed E-state index contributed by atoms with van der Waals surface area (Å²) in [7, 11) is 0. The molecule has 0 bridgehead atoms. The van der Waals surface area contributed by atoms with Gasteiger partial charge in [-0.2, -0.15) is 0 Å². The summed E-state index contributed by atoms with van der Waals surface area (Å²) in [6.45, 7) is 0. The molecule has 1 heterocycles. The molecule has 0 aliphatic rings. The maximum atomic E-state index is 11.2. The first-order valence-electron chi connectivity index (χ1n) is 6.91. The Hall–Kier alpha value is -2.35. The Morgan fingerprint density at radius 1 is 1.00 bits per heavy atom. The molecule has 0 radical (unpaired) electrons. The molecule has 0 spiro atoms. The van der Waals surface area contributed by atoms with Crippen molar-refractivity contribution in [3.05, 3.63) is 78.0 Å². The van der Waals surface area contributed by atoms with E-state index in [2.05, 4.69) is 11.2 Å². The van der Waals surface area contributed by atoms with E-state index < -0.39 is 5.97 Å². The van der Waals surface area contributed by atoms with Crippen molar-refractivity contribution >= 4 is 5.97 Å². The Morgan fingerprint density at radius 2 is 1.58 bits per heavy atom. The molecule has 0 fully saturated rings. The largest absolute Gasteiger partial charge is 3.00 e. The number of pyridine rings is 1. The Kier molecular flexibility index (Phi) is 5.97.